The highest BCUT2D eigenvalue weighted by Crippen LogP contribution is 2.31. The molecule has 4 nitrogen and oxygen atoms in total. The molecular formula is C16H26N2O2. The fraction of sp³-hybridized carbons (Fsp3) is 0.875. The van der Waals surface area contributed by atoms with Gasteiger partial charge in [0, 0.05) is 13.1 Å². The molecule has 2 saturated heterocycles. The molecule has 4 heteroatoms. The van der Waals surface area contributed by atoms with E-state index >= 15 is 0 Å². The minimum absolute atomic E-state index is 0.137. The molecule has 0 spiro atoms. The molecular weight excluding hydrogens is 252 g/mol. The monoisotopic (exact) mass is 278 g/mol. The van der Waals surface area contributed by atoms with Crippen LogP contribution in [-0.4, -0.2) is 47.3 Å². The number of nitrogens with zero attached hydrogens (tertiary/aromatic N) is 2. The van der Waals surface area contributed by atoms with Crippen molar-refractivity contribution < 1.29 is 9.59 Å². The van der Waals surface area contributed by atoms with Crippen molar-refractivity contribution in [3.63, 3.8) is 0 Å². The van der Waals surface area contributed by atoms with E-state index in [1.807, 2.05) is 4.90 Å². The van der Waals surface area contributed by atoms with Gasteiger partial charge in [0.1, 0.15) is 6.04 Å². The normalized spacial score (nSPS) is 34.5. The average molecular weight is 278 g/mol. The number of amides is 2. The Kier molecular flexibility index (Phi) is 3.99. The zero-order valence-electron chi connectivity index (χ0n) is 12.5. The molecule has 2 heterocycles. The molecule has 3 unspecified atom stereocenters. The number of hydrogen-bond acceptors (Lipinski definition) is 2. The minimum Gasteiger partial charge on any atom is -0.332 e. The van der Waals surface area contributed by atoms with Crippen LogP contribution >= 0.6 is 0 Å². The summed E-state index contributed by atoms with van der Waals surface area (Å²) in [5.41, 5.74) is 0. The summed E-state index contributed by atoms with van der Waals surface area (Å²) in [5.74, 6) is 1.94. The van der Waals surface area contributed by atoms with Crippen LogP contribution in [0.15, 0.2) is 0 Å². The molecule has 0 radical (unpaired) electrons. The highest BCUT2D eigenvalue weighted by molar-refractivity contribution is 5.95. The summed E-state index contributed by atoms with van der Waals surface area (Å²) in [5, 5.41) is 0. The number of carbonyl (C=O) groups excluding carboxylic acids is 2. The first-order valence-corrected chi connectivity index (χ1v) is 8.23. The number of piperazine rings is 1. The van der Waals surface area contributed by atoms with Gasteiger partial charge in [0.25, 0.3) is 0 Å². The standard InChI is InChI=1S/C16H26N2O2/c1-12-4-2-5-13(10-12)7-9-17-11-15(19)18-8-3-6-14(18)16(17)20/h12-14H,2-11H2,1H3. The largest absolute Gasteiger partial charge is 0.332 e. The van der Waals surface area contributed by atoms with Gasteiger partial charge in [-0.3, -0.25) is 9.59 Å². The highest BCUT2D eigenvalue weighted by atomic mass is 16.2. The van der Waals surface area contributed by atoms with E-state index < -0.39 is 0 Å². The van der Waals surface area contributed by atoms with E-state index in [1.54, 1.807) is 4.90 Å². The third-order valence-electron chi connectivity index (χ3n) is 5.35. The molecule has 3 aliphatic rings. The van der Waals surface area contributed by atoms with Gasteiger partial charge in [0.15, 0.2) is 0 Å². The molecule has 0 aromatic heterocycles. The molecule has 1 aliphatic carbocycles. The van der Waals surface area contributed by atoms with Crippen LogP contribution < -0.4 is 0 Å². The maximum Gasteiger partial charge on any atom is 0.245 e. The SMILES string of the molecule is CC1CCCC(CCN2CC(=O)N3CCCC3C2=O)C1. The van der Waals surface area contributed by atoms with Crippen LogP contribution in [-0.2, 0) is 9.59 Å². The van der Waals surface area contributed by atoms with Gasteiger partial charge in [-0.25, -0.2) is 0 Å². The van der Waals surface area contributed by atoms with Gasteiger partial charge in [-0.15, -0.1) is 0 Å². The summed E-state index contributed by atoms with van der Waals surface area (Å²) in [6.07, 6.45) is 8.21. The lowest BCUT2D eigenvalue weighted by molar-refractivity contribution is -0.153. The van der Waals surface area contributed by atoms with Gasteiger partial charge in [-0.2, -0.15) is 0 Å². The summed E-state index contributed by atoms with van der Waals surface area (Å²) in [7, 11) is 0. The lowest BCUT2D eigenvalue weighted by Gasteiger charge is -2.37. The predicted molar refractivity (Wildman–Crippen MR) is 77.1 cm³/mol. The van der Waals surface area contributed by atoms with Crippen LogP contribution in [0, 0.1) is 11.8 Å². The molecule has 0 aromatic carbocycles. The van der Waals surface area contributed by atoms with Gasteiger partial charge in [0.05, 0.1) is 6.54 Å². The summed E-state index contributed by atoms with van der Waals surface area (Å²) in [6.45, 7) is 4.21. The first-order chi connectivity index (χ1) is 9.65. The van der Waals surface area contributed by atoms with Crippen molar-refractivity contribution in [1.29, 1.82) is 0 Å². The van der Waals surface area contributed by atoms with Crippen molar-refractivity contribution >= 4 is 11.8 Å². The number of carbonyl (C=O) groups is 2. The second-order valence-electron chi connectivity index (χ2n) is 6.93. The third-order valence-corrected chi connectivity index (χ3v) is 5.35. The van der Waals surface area contributed by atoms with Gasteiger partial charge in [0.2, 0.25) is 11.8 Å². The topological polar surface area (TPSA) is 40.6 Å². The summed E-state index contributed by atoms with van der Waals surface area (Å²) >= 11 is 0. The van der Waals surface area contributed by atoms with Crippen LogP contribution in [0.5, 0.6) is 0 Å². The molecule has 3 rings (SSSR count). The Balaban J connectivity index is 1.54. The minimum atomic E-state index is -0.137. The van der Waals surface area contributed by atoms with E-state index in [2.05, 4.69) is 6.92 Å². The Labute approximate surface area is 121 Å². The van der Waals surface area contributed by atoms with E-state index in [9.17, 15) is 9.59 Å². The number of fused-ring (bicyclic) bond motifs is 1. The molecule has 2 aliphatic heterocycles. The van der Waals surface area contributed by atoms with Crippen molar-refractivity contribution in [2.24, 2.45) is 11.8 Å². The second kappa shape index (κ2) is 5.74. The molecule has 0 N–H and O–H groups in total. The predicted octanol–water partition coefficient (Wildman–Crippen LogP) is 2.04. The fourth-order valence-electron chi connectivity index (χ4n) is 4.21. The van der Waals surface area contributed by atoms with Crippen LogP contribution in [0.1, 0.15) is 51.9 Å². The number of rotatable bonds is 3. The summed E-state index contributed by atoms with van der Waals surface area (Å²) in [4.78, 5) is 28.1. The third kappa shape index (κ3) is 2.70. The maximum absolute atomic E-state index is 12.4. The van der Waals surface area contributed by atoms with Crippen molar-refractivity contribution in [1.82, 2.24) is 9.80 Å². The van der Waals surface area contributed by atoms with Gasteiger partial charge in [-0.05, 0) is 37.5 Å². The Bertz CT molecular complexity index is 396. The Hall–Kier alpha value is -1.06. The maximum atomic E-state index is 12.4. The van der Waals surface area contributed by atoms with Crippen molar-refractivity contribution in [2.75, 3.05) is 19.6 Å². The molecule has 0 aromatic rings. The molecule has 3 fully saturated rings. The lowest BCUT2D eigenvalue weighted by Crippen LogP contribution is -2.57. The van der Waals surface area contributed by atoms with Gasteiger partial charge < -0.3 is 9.80 Å². The Morgan fingerprint density at radius 3 is 2.80 bits per heavy atom. The van der Waals surface area contributed by atoms with Crippen LogP contribution in [0.25, 0.3) is 0 Å². The van der Waals surface area contributed by atoms with E-state index in [4.69, 9.17) is 0 Å². The van der Waals surface area contributed by atoms with Crippen molar-refractivity contribution in [2.45, 2.75) is 57.9 Å². The van der Waals surface area contributed by atoms with Crippen LogP contribution in [0.2, 0.25) is 0 Å². The van der Waals surface area contributed by atoms with Gasteiger partial charge in [-0.1, -0.05) is 26.2 Å². The van der Waals surface area contributed by atoms with Gasteiger partial charge >= 0.3 is 0 Å². The van der Waals surface area contributed by atoms with E-state index in [0.29, 0.717) is 6.54 Å². The molecule has 1 saturated carbocycles. The molecule has 20 heavy (non-hydrogen) atoms. The van der Waals surface area contributed by atoms with E-state index in [1.165, 1.54) is 25.7 Å². The van der Waals surface area contributed by atoms with Crippen LogP contribution in [0.4, 0.5) is 0 Å². The molecule has 0 bridgehead atoms. The zero-order chi connectivity index (χ0) is 14.1. The molecule has 3 atom stereocenters. The van der Waals surface area contributed by atoms with Crippen molar-refractivity contribution in [3.8, 4) is 0 Å². The number of hydrogen-bond donors (Lipinski definition) is 0. The molecule has 112 valence electrons. The fourth-order valence-corrected chi connectivity index (χ4v) is 4.21. The Morgan fingerprint density at radius 1 is 1.15 bits per heavy atom. The van der Waals surface area contributed by atoms with E-state index in [-0.39, 0.29) is 17.9 Å². The molecule has 2 amide bonds. The second-order valence-corrected chi connectivity index (χ2v) is 6.93. The van der Waals surface area contributed by atoms with Crippen LogP contribution in [0.3, 0.4) is 0 Å². The lowest BCUT2D eigenvalue weighted by atomic mass is 9.81. The first kappa shape index (κ1) is 13.9. The van der Waals surface area contributed by atoms with Crippen molar-refractivity contribution in [3.05, 3.63) is 0 Å². The zero-order valence-corrected chi connectivity index (χ0v) is 12.5. The smallest absolute Gasteiger partial charge is 0.245 e. The average Bonchev–Trinajstić information content (AvgIpc) is 2.91. The highest BCUT2D eigenvalue weighted by Gasteiger charge is 2.41. The first-order valence-electron chi connectivity index (χ1n) is 8.23. The van der Waals surface area contributed by atoms with E-state index in [0.717, 1.165) is 44.2 Å². The Morgan fingerprint density at radius 2 is 2.00 bits per heavy atom. The summed E-state index contributed by atoms with van der Waals surface area (Å²) < 4.78 is 0. The quantitative estimate of drug-likeness (QED) is 0.792. The summed E-state index contributed by atoms with van der Waals surface area (Å²) in [6, 6.07) is -0.137.